The summed E-state index contributed by atoms with van der Waals surface area (Å²) in [7, 11) is 4.80. The molecule has 0 atom stereocenters. The predicted molar refractivity (Wildman–Crippen MR) is 109 cm³/mol. The zero-order valence-corrected chi connectivity index (χ0v) is 18.2. The molecule has 1 aromatic heterocycles. The fourth-order valence-electron chi connectivity index (χ4n) is 2.77. The van der Waals surface area contributed by atoms with Gasteiger partial charge < -0.3 is 23.6 Å². The van der Waals surface area contributed by atoms with Crippen LogP contribution in [0.2, 0.25) is 0 Å². The van der Waals surface area contributed by atoms with E-state index >= 15 is 0 Å². The van der Waals surface area contributed by atoms with E-state index in [4.69, 9.17) is 18.7 Å². The Bertz CT molecular complexity index is 776. The molecule has 0 saturated heterocycles. The van der Waals surface area contributed by atoms with Gasteiger partial charge in [0.05, 0.1) is 20.8 Å². The summed E-state index contributed by atoms with van der Waals surface area (Å²) in [5, 5.41) is 4.06. The summed E-state index contributed by atoms with van der Waals surface area (Å²) in [4.78, 5) is 18.9. The maximum Gasteiger partial charge on any atom is 0.228 e. The highest BCUT2D eigenvalue weighted by Crippen LogP contribution is 2.28. The molecule has 0 spiro atoms. The molecule has 0 N–H and O–H groups in total. The zero-order valence-electron chi connectivity index (χ0n) is 18.2. The maximum absolute atomic E-state index is 12.6. The molecule has 0 aliphatic rings. The smallest absolute Gasteiger partial charge is 0.228 e. The van der Waals surface area contributed by atoms with Crippen molar-refractivity contribution >= 4 is 5.91 Å². The van der Waals surface area contributed by atoms with Crippen molar-refractivity contribution in [3.8, 4) is 22.9 Å². The third-order valence-corrected chi connectivity index (χ3v) is 4.27. The molecule has 29 heavy (non-hydrogen) atoms. The molecule has 2 aromatic rings. The second kappa shape index (κ2) is 10.2. The number of rotatable bonds is 10. The first-order chi connectivity index (χ1) is 13.8. The van der Waals surface area contributed by atoms with Gasteiger partial charge >= 0.3 is 0 Å². The second-order valence-corrected chi connectivity index (χ2v) is 7.97. The van der Waals surface area contributed by atoms with E-state index in [0.717, 1.165) is 5.56 Å². The fraction of sp³-hybridized carbons (Fsp3) is 0.571. The molecule has 8 heteroatoms. The lowest BCUT2D eigenvalue weighted by atomic mass is 9.91. The van der Waals surface area contributed by atoms with E-state index in [2.05, 4.69) is 10.1 Å². The van der Waals surface area contributed by atoms with Crippen LogP contribution in [0.25, 0.3) is 11.4 Å². The van der Waals surface area contributed by atoms with Gasteiger partial charge in [-0.25, -0.2) is 0 Å². The van der Waals surface area contributed by atoms with E-state index in [9.17, 15) is 4.79 Å². The summed E-state index contributed by atoms with van der Waals surface area (Å²) in [5.41, 5.74) is 0.655. The Morgan fingerprint density at radius 3 is 2.28 bits per heavy atom. The summed E-state index contributed by atoms with van der Waals surface area (Å²) >= 11 is 0. The Balaban J connectivity index is 2.08. The van der Waals surface area contributed by atoms with Crippen molar-refractivity contribution in [3.63, 3.8) is 0 Å². The number of benzene rings is 1. The van der Waals surface area contributed by atoms with Crippen molar-refractivity contribution in [2.75, 3.05) is 41.0 Å². The summed E-state index contributed by atoms with van der Waals surface area (Å²) in [6.45, 7) is 7.64. The monoisotopic (exact) mass is 405 g/mol. The van der Waals surface area contributed by atoms with Crippen molar-refractivity contribution in [3.05, 3.63) is 24.1 Å². The molecule has 1 amide bonds. The van der Waals surface area contributed by atoms with E-state index in [1.807, 2.05) is 32.9 Å². The molecule has 160 valence electrons. The number of nitrogens with zero attached hydrogens (tertiary/aromatic N) is 3. The van der Waals surface area contributed by atoms with Crippen LogP contribution in [0, 0.1) is 5.41 Å². The fourth-order valence-corrected chi connectivity index (χ4v) is 2.77. The van der Waals surface area contributed by atoms with Crippen LogP contribution < -0.4 is 9.47 Å². The molecule has 0 aliphatic heterocycles. The molecule has 0 bridgehead atoms. The summed E-state index contributed by atoms with van der Waals surface area (Å²) in [5.74, 6) is 2.29. The zero-order chi connectivity index (χ0) is 21.4. The van der Waals surface area contributed by atoms with E-state index in [1.165, 1.54) is 0 Å². The van der Waals surface area contributed by atoms with Crippen LogP contribution in [-0.4, -0.2) is 62.0 Å². The molecule has 0 fully saturated rings. The van der Waals surface area contributed by atoms with Gasteiger partial charge in [-0.3, -0.25) is 4.79 Å². The average molecular weight is 405 g/mol. The highest BCUT2D eigenvalue weighted by Gasteiger charge is 2.22. The van der Waals surface area contributed by atoms with Gasteiger partial charge in [0.15, 0.2) is 0 Å². The second-order valence-electron chi connectivity index (χ2n) is 7.97. The normalized spacial score (nSPS) is 11.4. The van der Waals surface area contributed by atoms with Gasteiger partial charge in [0, 0.05) is 44.7 Å². The largest absolute Gasteiger partial charge is 0.497 e. The summed E-state index contributed by atoms with van der Waals surface area (Å²) in [6.07, 6.45) is 0.934. The predicted octanol–water partition coefficient (Wildman–Crippen LogP) is 3.21. The Morgan fingerprint density at radius 1 is 1.07 bits per heavy atom. The first-order valence-corrected chi connectivity index (χ1v) is 9.58. The number of hydrogen-bond acceptors (Lipinski definition) is 7. The Hall–Kier alpha value is -2.61. The summed E-state index contributed by atoms with van der Waals surface area (Å²) in [6, 6.07) is 5.41. The molecule has 0 unspecified atom stereocenters. The van der Waals surface area contributed by atoms with Crippen LogP contribution in [0.1, 0.15) is 33.1 Å². The number of carbonyl (C=O) groups excluding carboxylic acids is 1. The molecule has 8 nitrogen and oxygen atoms in total. The average Bonchev–Trinajstić information content (AvgIpc) is 3.15. The third kappa shape index (κ3) is 7.05. The number of amides is 1. The van der Waals surface area contributed by atoms with Gasteiger partial charge in [-0.15, -0.1) is 0 Å². The molecule has 1 heterocycles. The topological polar surface area (TPSA) is 86.9 Å². The highest BCUT2D eigenvalue weighted by atomic mass is 16.5. The number of aromatic nitrogens is 2. The van der Waals surface area contributed by atoms with Crippen molar-refractivity contribution in [1.29, 1.82) is 0 Å². The third-order valence-electron chi connectivity index (χ3n) is 4.27. The minimum Gasteiger partial charge on any atom is -0.497 e. The van der Waals surface area contributed by atoms with E-state index in [0.29, 0.717) is 55.8 Å². The van der Waals surface area contributed by atoms with Gasteiger partial charge in [0.1, 0.15) is 11.5 Å². The van der Waals surface area contributed by atoms with Crippen LogP contribution in [0.4, 0.5) is 0 Å². The van der Waals surface area contributed by atoms with Crippen LogP contribution in [-0.2, 0) is 16.0 Å². The SMILES string of the molecule is COCCN(CCc1nc(-c2cc(OC)cc(OC)c2)no1)C(=O)CC(C)(C)C. The molecule has 0 saturated carbocycles. The lowest BCUT2D eigenvalue weighted by Gasteiger charge is -2.26. The first-order valence-electron chi connectivity index (χ1n) is 9.58. The van der Waals surface area contributed by atoms with Crippen molar-refractivity contribution < 1.29 is 23.5 Å². The Morgan fingerprint density at radius 2 is 1.72 bits per heavy atom. The van der Waals surface area contributed by atoms with Gasteiger partial charge in [-0.1, -0.05) is 25.9 Å². The molecule has 1 aromatic carbocycles. The van der Waals surface area contributed by atoms with Gasteiger partial charge in [-0.05, 0) is 17.5 Å². The Labute approximate surface area is 172 Å². The molecular formula is C21H31N3O5. The van der Waals surface area contributed by atoms with Crippen LogP contribution >= 0.6 is 0 Å². The van der Waals surface area contributed by atoms with Crippen LogP contribution in [0.5, 0.6) is 11.5 Å². The van der Waals surface area contributed by atoms with E-state index < -0.39 is 0 Å². The quantitative estimate of drug-likeness (QED) is 0.600. The van der Waals surface area contributed by atoms with Gasteiger partial charge in [0.25, 0.3) is 0 Å². The molecular weight excluding hydrogens is 374 g/mol. The minimum absolute atomic E-state index is 0.0779. The molecule has 0 aliphatic carbocycles. The lowest BCUT2D eigenvalue weighted by Crippen LogP contribution is -2.37. The van der Waals surface area contributed by atoms with Gasteiger partial charge in [-0.2, -0.15) is 4.98 Å². The molecule has 0 radical (unpaired) electrons. The van der Waals surface area contributed by atoms with Crippen molar-refractivity contribution in [1.82, 2.24) is 15.0 Å². The standard InChI is InChI=1S/C21H31N3O5/c1-21(2,3)14-19(25)24(9-10-26-4)8-7-18-22-20(23-29-18)15-11-16(27-5)13-17(12-15)28-6/h11-13H,7-10,14H2,1-6H3. The van der Waals surface area contributed by atoms with Crippen LogP contribution in [0.15, 0.2) is 22.7 Å². The number of methoxy groups -OCH3 is 3. The molecule has 2 rings (SSSR count). The summed E-state index contributed by atoms with van der Waals surface area (Å²) < 4.78 is 21.1. The van der Waals surface area contributed by atoms with E-state index in [1.54, 1.807) is 32.3 Å². The lowest BCUT2D eigenvalue weighted by molar-refractivity contribution is -0.133. The van der Waals surface area contributed by atoms with Crippen molar-refractivity contribution in [2.45, 2.75) is 33.6 Å². The van der Waals surface area contributed by atoms with Gasteiger partial charge in [0.2, 0.25) is 17.6 Å². The minimum atomic E-state index is -0.0779. The van der Waals surface area contributed by atoms with Crippen molar-refractivity contribution in [2.24, 2.45) is 5.41 Å². The number of ether oxygens (including phenoxy) is 3. The Kier molecular flexibility index (Phi) is 8.01. The first kappa shape index (κ1) is 22.7. The number of hydrogen-bond donors (Lipinski definition) is 0. The number of carbonyl (C=O) groups is 1. The highest BCUT2D eigenvalue weighted by molar-refractivity contribution is 5.76. The van der Waals surface area contributed by atoms with Crippen LogP contribution in [0.3, 0.4) is 0 Å². The maximum atomic E-state index is 12.6. The van der Waals surface area contributed by atoms with E-state index in [-0.39, 0.29) is 11.3 Å².